The Morgan fingerprint density at radius 2 is 2.14 bits per heavy atom. The SMILES string of the molecule is [2H]C([2H])(N)C1CCCC1. The summed E-state index contributed by atoms with van der Waals surface area (Å²) < 4.78 is 14.3. The van der Waals surface area contributed by atoms with Gasteiger partial charge in [-0.1, -0.05) is 12.8 Å². The summed E-state index contributed by atoms with van der Waals surface area (Å²) in [6, 6.07) is 0. The first-order valence-corrected chi connectivity index (χ1v) is 2.89. The van der Waals surface area contributed by atoms with Crippen molar-refractivity contribution in [2.45, 2.75) is 25.7 Å². The van der Waals surface area contributed by atoms with E-state index in [4.69, 9.17) is 8.48 Å². The molecule has 0 saturated heterocycles. The van der Waals surface area contributed by atoms with Gasteiger partial charge in [-0.25, -0.2) is 0 Å². The summed E-state index contributed by atoms with van der Waals surface area (Å²) in [6.07, 6.45) is 4.26. The average molecular weight is 101 g/mol. The molecule has 2 N–H and O–H groups in total. The van der Waals surface area contributed by atoms with E-state index in [2.05, 4.69) is 0 Å². The lowest BCUT2D eigenvalue weighted by Crippen LogP contribution is -2.09. The highest BCUT2D eigenvalue weighted by molar-refractivity contribution is 4.66. The molecule has 0 radical (unpaired) electrons. The van der Waals surface area contributed by atoms with Crippen LogP contribution in [0.5, 0.6) is 0 Å². The molecule has 0 bridgehead atoms. The minimum atomic E-state index is -1.42. The fourth-order valence-corrected chi connectivity index (χ4v) is 1.09. The van der Waals surface area contributed by atoms with E-state index in [1.165, 1.54) is 0 Å². The summed E-state index contributed by atoms with van der Waals surface area (Å²) in [5.74, 6) is 0.123. The van der Waals surface area contributed by atoms with Crippen LogP contribution in [-0.2, 0) is 0 Å². The van der Waals surface area contributed by atoms with Crippen molar-refractivity contribution in [1.29, 1.82) is 0 Å². The van der Waals surface area contributed by atoms with Gasteiger partial charge in [-0.15, -0.1) is 0 Å². The van der Waals surface area contributed by atoms with Gasteiger partial charge in [-0.3, -0.25) is 0 Å². The minimum absolute atomic E-state index is 0.123. The maximum atomic E-state index is 7.17. The highest BCUT2D eigenvalue weighted by atomic mass is 14.5. The van der Waals surface area contributed by atoms with Crippen LogP contribution in [0.25, 0.3) is 0 Å². The third kappa shape index (κ3) is 1.16. The van der Waals surface area contributed by atoms with E-state index in [0.29, 0.717) is 0 Å². The molecule has 1 heteroatoms. The molecule has 1 saturated carbocycles. The van der Waals surface area contributed by atoms with Gasteiger partial charge in [-0.05, 0) is 25.3 Å². The first kappa shape index (κ1) is 3.08. The molecule has 42 valence electrons. The van der Waals surface area contributed by atoms with Crippen molar-refractivity contribution in [3.8, 4) is 0 Å². The first-order chi connectivity index (χ1) is 4.11. The zero-order chi connectivity index (χ0) is 6.91. The fourth-order valence-electron chi connectivity index (χ4n) is 1.09. The standard InChI is InChI=1S/C6H13N/c7-5-6-3-1-2-4-6/h6H,1-5,7H2/i5D2. The zero-order valence-electron chi connectivity index (χ0n) is 6.48. The number of hydrogen-bond donors (Lipinski definition) is 1. The molecule has 1 aliphatic rings. The van der Waals surface area contributed by atoms with Crippen molar-refractivity contribution in [3.63, 3.8) is 0 Å². The van der Waals surface area contributed by atoms with Gasteiger partial charge in [0, 0.05) is 2.74 Å². The van der Waals surface area contributed by atoms with E-state index < -0.39 is 6.50 Å². The monoisotopic (exact) mass is 101 g/mol. The number of hydrogen-bond acceptors (Lipinski definition) is 1. The Morgan fingerprint density at radius 3 is 2.43 bits per heavy atom. The number of nitrogens with two attached hydrogens (primary N) is 1. The maximum absolute atomic E-state index is 7.17. The molecule has 1 aliphatic carbocycles. The number of rotatable bonds is 1. The lowest BCUT2D eigenvalue weighted by atomic mass is 10.1. The van der Waals surface area contributed by atoms with Crippen LogP contribution in [0.1, 0.15) is 28.4 Å². The van der Waals surface area contributed by atoms with Gasteiger partial charge in [0.2, 0.25) is 0 Å². The second-order valence-electron chi connectivity index (χ2n) is 2.15. The second kappa shape index (κ2) is 2.31. The van der Waals surface area contributed by atoms with Gasteiger partial charge in [0.15, 0.2) is 0 Å². The third-order valence-electron chi connectivity index (χ3n) is 1.59. The second-order valence-corrected chi connectivity index (χ2v) is 2.15. The molecule has 0 aliphatic heterocycles. The third-order valence-corrected chi connectivity index (χ3v) is 1.59. The Kier molecular flexibility index (Phi) is 1.02. The lowest BCUT2D eigenvalue weighted by Gasteiger charge is -1.99. The van der Waals surface area contributed by atoms with Crippen LogP contribution in [0.4, 0.5) is 0 Å². The summed E-state index contributed by atoms with van der Waals surface area (Å²) in [7, 11) is 0. The Hall–Kier alpha value is -0.0400. The highest BCUT2D eigenvalue weighted by Gasteiger charge is 2.11. The molecule has 0 aromatic rings. The van der Waals surface area contributed by atoms with Crippen molar-refractivity contribution >= 4 is 0 Å². The Labute approximate surface area is 47.7 Å². The summed E-state index contributed by atoms with van der Waals surface area (Å²) in [4.78, 5) is 0. The topological polar surface area (TPSA) is 26.0 Å². The van der Waals surface area contributed by atoms with E-state index in [0.717, 1.165) is 25.7 Å². The minimum Gasteiger partial charge on any atom is -0.330 e. The van der Waals surface area contributed by atoms with E-state index >= 15 is 0 Å². The van der Waals surface area contributed by atoms with E-state index in [1.807, 2.05) is 0 Å². The van der Waals surface area contributed by atoms with Crippen molar-refractivity contribution in [2.75, 3.05) is 6.50 Å². The summed E-state index contributed by atoms with van der Waals surface area (Å²) in [6.45, 7) is -1.42. The molecule has 0 aromatic heterocycles. The van der Waals surface area contributed by atoms with Crippen molar-refractivity contribution in [3.05, 3.63) is 0 Å². The summed E-state index contributed by atoms with van der Waals surface area (Å²) in [5, 5.41) is 0. The van der Waals surface area contributed by atoms with Crippen LogP contribution in [-0.4, -0.2) is 6.50 Å². The van der Waals surface area contributed by atoms with Crippen LogP contribution < -0.4 is 5.73 Å². The van der Waals surface area contributed by atoms with Gasteiger partial charge in [0.25, 0.3) is 0 Å². The van der Waals surface area contributed by atoms with Gasteiger partial charge in [-0.2, -0.15) is 0 Å². The molecule has 0 amide bonds. The van der Waals surface area contributed by atoms with Gasteiger partial charge < -0.3 is 5.73 Å². The van der Waals surface area contributed by atoms with Crippen LogP contribution in [0.15, 0.2) is 0 Å². The molecule has 7 heavy (non-hydrogen) atoms. The van der Waals surface area contributed by atoms with Crippen LogP contribution >= 0.6 is 0 Å². The Morgan fingerprint density at radius 1 is 1.57 bits per heavy atom. The van der Waals surface area contributed by atoms with Crippen molar-refractivity contribution < 1.29 is 2.74 Å². The zero-order valence-corrected chi connectivity index (χ0v) is 4.48. The Bertz CT molecular complexity index is 91.7. The average Bonchev–Trinajstić information content (AvgIpc) is 2.08. The van der Waals surface area contributed by atoms with Crippen molar-refractivity contribution in [2.24, 2.45) is 11.7 Å². The summed E-state index contributed by atoms with van der Waals surface area (Å²) >= 11 is 0. The normalized spacial score (nSPS) is 29.9. The van der Waals surface area contributed by atoms with E-state index in [9.17, 15) is 0 Å². The fraction of sp³-hybridized carbons (Fsp3) is 1.00. The van der Waals surface area contributed by atoms with Gasteiger partial charge in [0.1, 0.15) is 0 Å². The predicted octanol–water partition coefficient (Wildman–Crippen LogP) is 1.14. The largest absolute Gasteiger partial charge is 0.330 e. The molecule has 0 spiro atoms. The molecular weight excluding hydrogens is 86.1 g/mol. The van der Waals surface area contributed by atoms with Crippen molar-refractivity contribution in [1.82, 2.24) is 0 Å². The van der Waals surface area contributed by atoms with Crippen LogP contribution in [0, 0.1) is 5.92 Å². The molecule has 0 unspecified atom stereocenters. The molecule has 0 aromatic carbocycles. The molecule has 1 fully saturated rings. The smallest absolute Gasteiger partial charge is 0.0428 e. The lowest BCUT2D eigenvalue weighted by molar-refractivity contribution is 0.562. The van der Waals surface area contributed by atoms with E-state index in [1.54, 1.807) is 0 Å². The quantitative estimate of drug-likeness (QED) is 0.526. The maximum Gasteiger partial charge on any atom is 0.0428 e. The molecular formula is C6H13N. The van der Waals surface area contributed by atoms with Crippen LogP contribution in [0.3, 0.4) is 0 Å². The highest BCUT2D eigenvalue weighted by Crippen LogP contribution is 2.22. The molecule has 0 heterocycles. The summed E-state index contributed by atoms with van der Waals surface area (Å²) in [5.41, 5.74) is 5.27. The Balaban J connectivity index is 2.42. The molecule has 1 nitrogen and oxygen atoms in total. The van der Waals surface area contributed by atoms with E-state index in [-0.39, 0.29) is 5.92 Å². The van der Waals surface area contributed by atoms with Gasteiger partial charge >= 0.3 is 0 Å². The molecule has 0 atom stereocenters. The predicted molar refractivity (Wildman–Crippen MR) is 31.0 cm³/mol. The van der Waals surface area contributed by atoms with Crippen LogP contribution in [0.2, 0.25) is 0 Å². The van der Waals surface area contributed by atoms with Gasteiger partial charge in [0.05, 0.1) is 0 Å². The molecule has 1 rings (SSSR count). The first-order valence-electron chi connectivity index (χ1n) is 3.89.